The summed E-state index contributed by atoms with van der Waals surface area (Å²) in [5.74, 6) is -0.178. The van der Waals surface area contributed by atoms with Crippen LogP contribution in [0.5, 0.6) is 5.75 Å². The third-order valence-electron chi connectivity index (χ3n) is 7.63. The van der Waals surface area contributed by atoms with Gasteiger partial charge in [-0.1, -0.05) is 65.0 Å². The Kier molecular flexibility index (Phi) is 10.7. The van der Waals surface area contributed by atoms with Crippen molar-refractivity contribution in [3.8, 4) is 5.75 Å². The smallest absolute Gasteiger partial charge is 0.264 e. The van der Waals surface area contributed by atoms with Gasteiger partial charge in [0, 0.05) is 17.1 Å². The minimum Gasteiger partial charge on any atom is -0.497 e. The van der Waals surface area contributed by atoms with E-state index in [1.54, 1.807) is 43.3 Å². The highest BCUT2D eigenvalue weighted by Crippen LogP contribution is 2.27. The first kappa shape index (κ1) is 31.6. The van der Waals surface area contributed by atoms with E-state index < -0.39 is 28.5 Å². The molecule has 0 bridgehead atoms. The summed E-state index contributed by atoms with van der Waals surface area (Å²) in [7, 11) is -2.60. The molecule has 0 aromatic heterocycles. The van der Waals surface area contributed by atoms with Crippen LogP contribution < -0.4 is 14.4 Å². The number of amides is 2. The van der Waals surface area contributed by atoms with Crippen LogP contribution in [0.25, 0.3) is 0 Å². The Bertz CT molecular complexity index is 1460. The molecule has 224 valence electrons. The highest BCUT2D eigenvalue weighted by Gasteiger charge is 2.33. The Morgan fingerprint density at radius 2 is 1.57 bits per heavy atom. The van der Waals surface area contributed by atoms with E-state index in [0.29, 0.717) is 11.4 Å². The van der Waals surface area contributed by atoms with Crippen LogP contribution in [0.3, 0.4) is 0 Å². The summed E-state index contributed by atoms with van der Waals surface area (Å²) in [5.41, 5.74) is 2.05. The van der Waals surface area contributed by atoms with E-state index >= 15 is 0 Å². The van der Waals surface area contributed by atoms with Gasteiger partial charge in [-0.2, -0.15) is 0 Å². The summed E-state index contributed by atoms with van der Waals surface area (Å²) in [5, 5.41) is 3.12. The molecule has 1 N–H and O–H groups in total. The van der Waals surface area contributed by atoms with Crippen molar-refractivity contribution in [1.82, 2.24) is 10.2 Å². The van der Waals surface area contributed by atoms with Crippen molar-refractivity contribution in [3.63, 3.8) is 0 Å². The highest BCUT2D eigenvalue weighted by atomic mass is 79.9. The largest absolute Gasteiger partial charge is 0.497 e. The summed E-state index contributed by atoms with van der Waals surface area (Å²) in [4.78, 5) is 29.0. The number of sulfonamides is 1. The predicted octanol–water partition coefficient (Wildman–Crippen LogP) is 5.83. The molecular formula is C32H38BrN3O5S. The molecule has 1 aliphatic rings. The van der Waals surface area contributed by atoms with Crippen molar-refractivity contribution in [2.75, 3.05) is 18.0 Å². The summed E-state index contributed by atoms with van der Waals surface area (Å²) in [6.45, 7) is 3.23. The molecule has 3 aromatic carbocycles. The minimum absolute atomic E-state index is 0.0688. The fraction of sp³-hybridized carbons (Fsp3) is 0.375. The number of hydrogen-bond acceptors (Lipinski definition) is 5. The van der Waals surface area contributed by atoms with Gasteiger partial charge in [-0.15, -0.1) is 0 Å². The van der Waals surface area contributed by atoms with Gasteiger partial charge >= 0.3 is 0 Å². The molecule has 42 heavy (non-hydrogen) atoms. The van der Waals surface area contributed by atoms with Crippen molar-refractivity contribution in [1.29, 1.82) is 0 Å². The number of carbonyl (C=O) groups is 2. The Hall–Kier alpha value is -3.37. The maximum absolute atomic E-state index is 14.1. The minimum atomic E-state index is -4.13. The van der Waals surface area contributed by atoms with Gasteiger partial charge in [0.15, 0.2) is 0 Å². The van der Waals surface area contributed by atoms with E-state index in [1.165, 1.54) is 24.1 Å². The molecule has 1 aliphatic carbocycles. The first-order valence-electron chi connectivity index (χ1n) is 14.2. The number of halogens is 1. The predicted molar refractivity (Wildman–Crippen MR) is 168 cm³/mol. The molecule has 0 saturated heterocycles. The average Bonchev–Trinajstić information content (AvgIpc) is 3.00. The SMILES string of the molecule is COc1ccc(N(CC(=O)N(Cc2ccc(Br)cc2)[C@H](C)C(=O)NC2CCCCC2)S(=O)(=O)c2ccc(C)cc2)cc1. The van der Waals surface area contributed by atoms with E-state index in [-0.39, 0.29) is 23.4 Å². The molecule has 0 radical (unpaired) electrons. The number of ether oxygens (including phenoxy) is 1. The molecule has 3 aromatic rings. The standard InChI is InChI=1S/C32H38BrN3O5S/c1-23-9-19-30(20-10-23)42(39,40)36(28-15-17-29(41-3)18-16-28)22-31(37)35(21-25-11-13-26(33)14-12-25)24(2)32(38)34-27-7-5-4-6-8-27/h9-20,24,27H,4-8,21-22H2,1-3H3,(H,34,38)/t24-/m1/s1. The van der Waals surface area contributed by atoms with Crippen LogP contribution in [0.2, 0.25) is 0 Å². The van der Waals surface area contributed by atoms with Gasteiger partial charge in [0.25, 0.3) is 10.0 Å². The fourth-order valence-electron chi connectivity index (χ4n) is 5.05. The normalized spacial score (nSPS) is 14.6. The molecule has 10 heteroatoms. The quantitative estimate of drug-likeness (QED) is 0.281. The number of aryl methyl sites for hydroxylation is 1. The first-order valence-corrected chi connectivity index (χ1v) is 16.4. The molecule has 0 spiro atoms. The Labute approximate surface area is 257 Å². The zero-order valence-corrected chi connectivity index (χ0v) is 26.7. The van der Waals surface area contributed by atoms with E-state index in [9.17, 15) is 18.0 Å². The average molecular weight is 657 g/mol. The Morgan fingerprint density at radius 1 is 0.952 bits per heavy atom. The number of anilines is 1. The van der Waals surface area contributed by atoms with Gasteiger partial charge in [-0.3, -0.25) is 13.9 Å². The third-order valence-corrected chi connectivity index (χ3v) is 9.95. The summed E-state index contributed by atoms with van der Waals surface area (Å²) >= 11 is 3.44. The molecule has 1 saturated carbocycles. The van der Waals surface area contributed by atoms with Gasteiger partial charge < -0.3 is 15.0 Å². The maximum Gasteiger partial charge on any atom is 0.264 e. The first-order chi connectivity index (χ1) is 20.1. The van der Waals surface area contributed by atoms with Gasteiger partial charge in [0.05, 0.1) is 17.7 Å². The molecular weight excluding hydrogens is 618 g/mol. The van der Waals surface area contributed by atoms with Crippen LogP contribution in [0, 0.1) is 6.92 Å². The van der Waals surface area contributed by atoms with Crippen molar-refractivity contribution in [2.24, 2.45) is 0 Å². The van der Waals surface area contributed by atoms with E-state index in [2.05, 4.69) is 21.2 Å². The van der Waals surface area contributed by atoms with Crippen molar-refractivity contribution in [2.45, 2.75) is 69.5 Å². The van der Waals surface area contributed by atoms with Gasteiger partial charge in [-0.05, 0) is 80.8 Å². The van der Waals surface area contributed by atoms with Gasteiger partial charge in [0.1, 0.15) is 18.3 Å². The number of nitrogens with one attached hydrogen (secondary N) is 1. The van der Waals surface area contributed by atoms with Crippen LogP contribution in [-0.4, -0.2) is 50.9 Å². The summed E-state index contributed by atoms with van der Waals surface area (Å²) in [6, 6.07) is 19.8. The summed E-state index contributed by atoms with van der Waals surface area (Å²) in [6.07, 6.45) is 5.12. The van der Waals surface area contributed by atoms with Crippen molar-refractivity contribution >= 4 is 43.5 Å². The highest BCUT2D eigenvalue weighted by molar-refractivity contribution is 9.10. The molecule has 0 aliphatic heterocycles. The number of methoxy groups -OCH3 is 1. The molecule has 1 atom stereocenters. The van der Waals surface area contributed by atoms with Crippen LogP contribution in [0.4, 0.5) is 5.69 Å². The number of nitrogens with zero attached hydrogens (tertiary/aromatic N) is 2. The van der Waals surface area contributed by atoms with Crippen LogP contribution in [0.15, 0.2) is 82.2 Å². The van der Waals surface area contributed by atoms with Gasteiger partial charge in [0.2, 0.25) is 11.8 Å². The lowest BCUT2D eigenvalue weighted by Gasteiger charge is -2.33. The zero-order valence-electron chi connectivity index (χ0n) is 24.3. The molecule has 1 fully saturated rings. The molecule has 0 heterocycles. The van der Waals surface area contributed by atoms with Crippen LogP contribution in [-0.2, 0) is 26.2 Å². The number of hydrogen-bond donors (Lipinski definition) is 1. The van der Waals surface area contributed by atoms with E-state index in [0.717, 1.165) is 52.0 Å². The number of benzene rings is 3. The van der Waals surface area contributed by atoms with E-state index in [4.69, 9.17) is 4.74 Å². The molecule has 8 nitrogen and oxygen atoms in total. The Morgan fingerprint density at radius 3 is 2.17 bits per heavy atom. The fourth-order valence-corrected chi connectivity index (χ4v) is 6.73. The molecule has 4 rings (SSSR count). The lowest BCUT2D eigenvalue weighted by molar-refractivity contribution is -0.139. The van der Waals surface area contributed by atoms with Crippen LogP contribution in [0.1, 0.15) is 50.2 Å². The second-order valence-electron chi connectivity index (χ2n) is 10.7. The lowest BCUT2D eigenvalue weighted by atomic mass is 9.95. The topological polar surface area (TPSA) is 96.0 Å². The molecule has 0 unspecified atom stereocenters. The third kappa shape index (κ3) is 7.92. The monoisotopic (exact) mass is 655 g/mol. The lowest BCUT2D eigenvalue weighted by Crippen LogP contribution is -2.53. The second kappa shape index (κ2) is 14.2. The number of rotatable bonds is 11. The van der Waals surface area contributed by atoms with Crippen molar-refractivity contribution in [3.05, 3.63) is 88.4 Å². The zero-order chi connectivity index (χ0) is 30.3. The van der Waals surface area contributed by atoms with E-state index in [1.807, 2.05) is 31.2 Å². The Balaban J connectivity index is 1.67. The molecule has 2 amide bonds. The second-order valence-corrected chi connectivity index (χ2v) is 13.5. The summed E-state index contributed by atoms with van der Waals surface area (Å²) < 4.78 is 35.2. The van der Waals surface area contributed by atoms with Gasteiger partial charge in [-0.25, -0.2) is 8.42 Å². The number of carbonyl (C=O) groups excluding carboxylic acids is 2. The maximum atomic E-state index is 14.1. The van der Waals surface area contributed by atoms with Crippen molar-refractivity contribution < 1.29 is 22.7 Å². The van der Waals surface area contributed by atoms with Crippen LogP contribution >= 0.6 is 15.9 Å².